The van der Waals surface area contributed by atoms with Crippen LogP contribution in [0.4, 0.5) is 4.39 Å². The number of rotatable bonds is 4. The molecule has 94 valence electrons. The maximum atomic E-state index is 13.7. The summed E-state index contributed by atoms with van der Waals surface area (Å²) in [5.41, 5.74) is 3.85. The Morgan fingerprint density at radius 3 is 2.78 bits per heavy atom. The topological polar surface area (TPSA) is 12.9 Å². The third-order valence-corrected chi connectivity index (χ3v) is 3.13. The van der Waals surface area contributed by atoms with E-state index in [4.69, 9.17) is 0 Å². The Hall–Kier alpha value is -1.70. The van der Waals surface area contributed by atoms with Crippen molar-refractivity contribution >= 4 is 0 Å². The van der Waals surface area contributed by atoms with Crippen molar-refractivity contribution in [2.45, 2.75) is 33.1 Å². The highest BCUT2D eigenvalue weighted by molar-refractivity contribution is 5.63. The van der Waals surface area contributed by atoms with Gasteiger partial charge in [-0.05, 0) is 55.2 Å². The summed E-state index contributed by atoms with van der Waals surface area (Å²) >= 11 is 0. The summed E-state index contributed by atoms with van der Waals surface area (Å²) in [6, 6.07) is 9.23. The molecule has 0 saturated carbocycles. The molecule has 2 heteroatoms. The van der Waals surface area contributed by atoms with Gasteiger partial charge in [-0.2, -0.15) is 0 Å². The van der Waals surface area contributed by atoms with Crippen LogP contribution in [0, 0.1) is 12.7 Å². The molecule has 0 radical (unpaired) electrons. The molecule has 0 atom stereocenters. The number of hydrogen-bond donors (Lipinski definition) is 0. The van der Waals surface area contributed by atoms with Crippen molar-refractivity contribution in [3.8, 4) is 11.3 Å². The van der Waals surface area contributed by atoms with Gasteiger partial charge in [0.05, 0.1) is 5.69 Å². The van der Waals surface area contributed by atoms with Crippen LogP contribution in [0.1, 0.15) is 30.9 Å². The molecule has 0 fully saturated rings. The maximum absolute atomic E-state index is 13.7. The zero-order valence-corrected chi connectivity index (χ0v) is 10.9. The first-order valence-electron chi connectivity index (χ1n) is 6.42. The summed E-state index contributed by atoms with van der Waals surface area (Å²) in [5, 5.41) is 0. The molecule has 1 heterocycles. The number of aryl methyl sites for hydroxylation is 2. The minimum absolute atomic E-state index is 0.110. The Morgan fingerprint density at radius 1 is 1.22 bits per heavy atom. The second-order valence-electron chi connectivity index (χ2n) is 4.58. The zero-order valence-electron chi connectivity index (χ0n) is 10.9. The zero-order chi connectivity index (χ0) is 13.0. The van der Waals surface area contributed by atoms with Crippen LogP contribution in [0.15, 0.2) is 36.5 Å². The molecule has 0 amide bonds. The van der Waals surface area contributed by atoms with E-state index in [2.05, 4.69) is 11.9 Å². The van der Waals surface area contributed by atoms with Crippen molar-refractivity contribution in [1.82, 2.24) is 4.98 Å². The first kappa shape index (κ1) is 12.7. The van der Waals surface area contributed by atoms with Gasteiger partial charge in [0.25, 0.3) is 0 Å². The Kier molecular flexibility index (Phi) is 4.08. The molecular weight excluding hydrogens is 225 g/mol. The van der Waals surface area contributed by atoms with Crippen molar-refractivity contribution in [2.75, 3.05) is 0 Å². The molecule has 1 aromatic heterocycles. The van der Waals surface area contributed by atoms with Crippen molar-refractivity contribution in [3.05, 3.63) is 53.5 Å². The second-order valence-corrected chi connectivity index (χ2v) is 4.58. The first-order valence-corrected chi connectivity index (χ1v) is 6.42. The lowest BCUT2D eigenvalue weighted by molar-refractivity contribution is 0.603. The van der Waals surface area contributed by atoms with Gasteiger partial charge in [0.15, 0.2) is 0 Å². The molecule has 2 aromatic rings. The lowest BCUT2D eigenvalue weighted by Crippen LogP contribution is -1.94. The highest BCUT2D eigenvalue weighted by Gasteiger charge is 2.07. The Morgan fingerprint density at radius 2 is 2.06 bits per heavy atom. The molecule has 0 saturated heterocycles. The molecule has 0 aliphatic rings. The Bertz CT molecular complexity index is 534. The molecule has 0 aliphatic carbocycles. The molecule has 0 N–H and O–H groups in total. The number of hydrogen-bond acceptors (Lipinski definition) is 1. The van der Waals surface area contributed by atoms with E-state index in [0.29, 0.717) is 0 Å². The van der Waals surface area contributed by atoms with Crippen LogP contribution in [-0.4, -0.2) is 4.98 Å². The van der Waals surface area contributed by atoms with Crippen molar-refractivity contribution in [1.29, 1.82) is 0 Å². The highest BCUT2D eigenvalue weighted by Crippen LogP contribution is 2.23. The second kappa shape index (κ2) is 5.76. The smallest absolute Gasteiger partial charge is 0.126 e. The molecular formula is C16H18FN. The average Bonchev–Trinajstić information content (AvgIpc) is 2.39. The average molecular weight is 243 g/mol. The Labute approximate surface area is 108 Å². The minimum Gasteiger partial charge on any atom is -0.256 e. The minimum atomic E-state index is -0.110. The summed E-state index contributed by atoms with van der Waals surface area (Å²) in [6.07, 6.45) is 4.66. The van der Waals surface area contributed by atoms with E-state index in [0.717, 1.165) is 41.6 Å². The summed E-state index contributed by atoms with van der Waals surface area (Å²) in [7, 11) is 0. The van der Waals surface area contributed by atoms with Crippen molar-refractivity contribution in [3.63, 3.8) is 0 Å². The van der Waals surface area contributed by atoms with Crippen LogP contribution in [0.5, 0.6) is 0 Å². The molecule has 0 bridgehead atoms. The summed E-state index contributed by atoms with van der Waals surface area (Å²) in [6.45, 7) is 4.14. The van der Waals surface area contributed by atoms with Crippen LogP contribution in [0.3, 0.4) is 0 Å². The van der Waals surface area contributed by atoms with Crippen molar-refractivity contribution < 1.29 is 4.39 Å². The molecule has 2 rings (SSSR count). The largest absolute Gasteiger partial charge is 0.256 e. The third-order valence-electron chi connectivity index (χ3n) is 3.13. The van der Waals surface area contributed by atoms with Gasteiger partial charge in [-0.1, -0.05) is 19.4 Å². The van der Waals surface area contributed by atoms with Gasteiger partial charge in [-0.3, -0.25) is 4.98 Å². The predicted octanol–water partition coefficient (Wildman–Crippen LogP) is 4.54. The fraction of sp³-hybridized carbons (Fsp3) is 0.312. The van der Waals surface area contributed by atoms with E-state index in [-0.39, 0.29) is 5.82 Å². The van der Waals surface area contributed by atoms with E-state index < -0.39 is 0 Å². The number of benzene rings is 1. The lowest BCUT2D eigenvalue weighted by atomic mass is 10.0. The summed E-state index contributed by atoms with van der Waals surface area (Å²) < 4.78 is 13.7. The van der Waals surface area contributed by atoms with E-state index >= 15 is 0 Å². The van der Waals surface area contributed by atoms with Crippen LogP contribution in [-0.2, 0) is 6.42 Å². The van der Waals surface area contributed by atoms with Gasteiger partial charge in [-0.25, -0.2) is 4.39 Å². The fourth-order valence-corrected chi connectivity index (χ4v) is 2.07. The summed E-state index contributed by atoms with van der Waals surface area (Å²) in [4.78, 5) is 4.38. The van der Waals surface area contributed by atoms with Gasteiger partial charge in [0.2, 0.25) is 0 Å². The number of pyridine rings is 1. The van der Waals surface area contributed by atoms with E-state index in [1.54, 1.807) is 18.3 Å². The monoisotopic (exact) mass is 243 g/mol. The highest BCUT2D eigenvalue weighted by atomic mass is 19.1. The van der Waals surface area contributed by atoms with Gasteiger partial charge in [-0.15, -0.1) is 0 Å². The van der Waals surface area contributed by atoms with Crippen LogP contribution >= 0.6 is 0 Å². The van der Waals surface area contributed by atoms with Gasteiger partial charge >= 0.3 is 0 Å². The van der Waals surface area contributed by atoms with Crippen molar-refractivity contribution in [2.24, 2.45) is 0 Å². The van der Waals surface area contributed by atoms with Crippen LogP contribution in [0.25, 0.3) is 11.3 Å². The first-order chi connectivity index (χ1) is 8.72. The number of unbranched alkanes of at least 4 members (excludes halogenated alkanes) is 1. The molecule has 1 nitrogen and oxygen atoms in total. The predicted molar refractivity (Wildman–Crippen MR) is 73.0 cm³/mol. The molecule has 18 heavy (non-hydrogen) atoms. The van der Waals surface area contributed by atoms with E-state index in [9.17, 15) is 4.39 Å². The third kappa shape index (κ3) is 2.76. The van der Waals surface area contributed by atoms with Gasteiger partial charge in [0.1, 0.15) is 5.82 Å². The molecule has 0 aliphatic heterocycles. The van der Waals surface area contributed by atoms with Gasteiger partial charge in [0, 0.05) is 11.8 Å². The van der Waals surface area contributed by atoms with E-state index in [1.165, 1.54) is 0 Å². The molecule has 0 unspecified atom stereocenters. The Balaban J connectivity index is 2.38. The van der Waals surface area contributed by atoms with Crippen LogP contribution in [0.2, 0.25) is 0 Å². The quantitative estimate of drug-likeness (QED) is 0.768. The number of aromatic nitrogens is 1. The normalized spacial score (nSPS) is 10.6. The fourth-order valence-electron chi connectivity index (χ4n) is 2.07. The number of nitrogens with zero attached hydrogens (tertiary/aromatic N) is 1. The lowest BCUT2D eigenvalue weighted by Gasteiger charge is -2.08. The summed E-state index contributed by atoms with van der Waals surface area (Å²) in [5.74, 6) is -0.110. The maximum Gasteiger partial charge on any atom is 0.126 e. The van der Waals surface area contributed by atoms with Gasteiger partial charge < -0.3 is 0 Å². The van der Waals surface area contributed by atoms with E-state index in [1.807, 2.05) is 25.1 Å². The standard InChI is InChI=1S/C16H18FN/c1-3-4-7-13-11-14(8-9-15(13)17)16-12(2)6-5-10-18-16/h5-6,8-11H,3-4,7H2,1-2H3. The molecule has 0 spiro atoms. The number of halogens is 1. The molecule has 1 aromatic carbocycles. The SMILES string of the molecule is CCCCc1cc(-c2ncccc2C)ccc1F. The van der Waals surface area contributed by atoms with Crippen LogP contribution < -0.4 is 0 Å².